The molecule has 114 valence electrons. The summed E-state index contributed by atoms with van der Waals surface area (Å²) < 4.78 is 5.38. The Morgan fingerprint density at radius 3 is 2.75 bits per heavy atom. The maximum atomic E-state index is 5.48. The van der Waals surface area contributed by atoms with Crippen molar-refractivity contribution in [2.24, 2.45) is 5.73 Å². The van der Waals surface area contributed by atoms with Gasteiger partial charge in [-0.15, -0.1) is 11.8 Å². The highest BCUT2D eigenvalue weighted by molar-refractivity contribution is 8.07. The Balaban J connectivity index is 1.77. The molecule has 1 aromatic rings. The van der Waals surface area contributed by atoms with Crippen molar-refractivity contribution < 1.29 is 4.52 Å². The number of nitrogens with two attached hydrogens (primary N) is 1. The molecular formula is C14H25N3OS2. The van der Waals surface area contributed by atoms with E-state index in [1.807, 2.05) is 23.5 Å². The average Bonchev–Trinajstić information content (AvgIpc) is 2.90. The zero-order valence-electron chi connectivity index (χ0n) is 12.4. The summed E-state index contributed by atoms with van der Waals surface area (Å²) >= 11 is 3.99. The molecular weight excluding hydrogens is 290 g/mol. The lowest BCUT2D eigenvalue weighted by molar-refractivity contribution is 0.368. The maximum Gasteiger partial charge on any atom is 0.226 e. The van der Waals surface area contributed by atoms with Crippen molar-refractivity contribution in [1.29, 1.82) is 0 Å². The predicted octanol–water partition coefficient (Wildman–Crippen LogP) is 3.43. The molecule has 0 bridgehead atoms. The van der Waals surface area contributed by atoms with E-state index >= 15 is 0 Å². The van der Waals surface area contributed by atoms with E-state index in [0.717, 1.165) is 43.3 Å². The Morgan fingerprint density at radius 1 is 1.20 bits per heavy atom. The second-order valence-electron chi connectivity index (χ2n) is 5.37. The first-order valence-corrected chi connectivity index (χ1v) is 9.49. The number of rotatable bonds is 7. The third-order valence-electron chi connectivity index (χ3n) is 3.67. The average molecular weight is 316 g/mol. The molecule has 2 heterocycles. The molecule has 3 unspecified atom stereocenters. The zero-order valence-corrected chi connectivity index (χ0v) is 14.0. The van der Waals surface area contributed by atoms with Crippen molar-refractivity contribution in [2.75, 3.05) is 12.3 Å². The molecule has 2 rings (SSSR count). The first kappa shape index (κ1) is 16.2. The van der Waals surface area contributed by atoms with Gasteiger partial charge in [0.05, 0.1) is 5.25 Å². The Kier molecular flexibility index (Phi) is 6.71. The van der Waals surface area contributed by atoms with E-state index in [1.165, 1.54) is 12.8 Å². The van der Waals surface area contributed by atoms with Crippen LogP contribution in [0.3, 0.4) is 0 Å². The smallest absolute Gasteiger partial charge is 0.226 e. The first-order valence-electron chi connectivity index (χ1n) is 7.50. The van der Waals surface area contributed by atoms with Gasteiger partial charge in [-0.1, -0.05) is 31.8 Å². The fourth-order valence-corrected chi connectivity index (χ4v) is 5.03. The van der Waals surface area contributed by atoms with Crippen LogP contribution in [0.1, 0.15) is 56.5 Å². The molecule has 1 aromatic heterocycles. The van der Waals surface area contributed by atoms with Crippen molar-refractivity contribution in [3.63, 3.8) is 0 Å². The highest BCUT2D eigenvalue weighted by atomic mass is 32.2. The van der Waals surface area contributed by atoms with E-state index in [4.69, 9.17) is 10.3 Å². The van der Waals surface area contributed by atoms with E-state index in [0.29, 0.717) is 15.7 Å². The lowest BCUT2D eigenvalue weighted by Gasteiger charge is -2.29. The Labute approximate surface area is 130 Å². The first-order chi connectivity index (χ1) is 9.70. The van der Waals surface area contributed by atoms with Crippen LogP contribution in [0, 0.1) is 0 Å². The lowest BCUT2D eigenvalue weighted by atomic mass is 10.1. The van der Waals surface area contributed by atoms with Crippen LogP contribution in [-0.2, 0) is 6.42 Å². The second-order valence-corrected chi connectivity index (χ2v) is 8.36. The fourth-order valence-electron chi connectivity index (χ4n) is 2.19. The minimum atomic E-state index is 0.390. The summed E-state index contributed by atoms with van der Waals surface area (Å²) in [5, 5.41) is 5.93. The normalized spacial score (nSPS) is 26.9. The van der Waals surface area contributed by atoms with E-state index < -0.39 is 0 Å². The maximum absolute atomic E-state index is 5.48. The Hall–Kier alpha value is -0.200. The summed E-state index contributed by atoms with van der Waals surface area (Å²) in [7, 11) is 0. The van der Waals surface area contributed by atoms with Crippen LogP contribution in [0.15, 0.2) is 4.52 Å². The molecule has 3 atom stereocenters. The van der Waals surface area contributed by atoms with Crippen molar-refractivity contribution in [3.8, 4) is 0 Å². The standard InChI is InChI=1S/C14H25N3OS2/c1-10-11(2)20-12(9-19-10)14-16-13(18-17-14)7-5-3-4-6-8-15/h10-12H,3-9,15H2,1-2H3. The molecule has 0 spiro atoms. The topological polar surface area (TPSA) is 64.9 Å². The molecule has 6 heteroatoms. The monoisotopic (exact) mass is 315 g/mol. The van der Waals surface area contributed by atoms with Crippen LogP contribution in [-0.4, -0.2) is 32.9 Å². The molecule has 0 aliphatic carbocycles. The molecule has 20 heavy (non-hydrogen) atoms. The third-order valence-corrected chi connectivity index (χ3v) is 7.05. The minimum absolute atomic E-state index is 0.390. The second kappa shape index (κ2) is 8.29. The van der Waals surface area contributed by atoms with Gasteiger partial charge in [-0.2, -0.15) is 16.7 Å². The van der Waals surface area contributed by atoms with Gasteiger partial charge in [0.25, 0.3) is 0 Å². The number of thioether (sulfide) groups is 2. The van der Waals surface area contributed by atoms with E-state index in [-0.39, 0.29) is 0 Å². The fraction of sp³-hybridized carbons (Fsp3) is 0.857. The van der Waals surface area contributed by atoms with Gasteiger partial charge in [-0.3, -0.25) is 0 Å². The summed E-state index contributed by atoms with van der Waals surface area (Å²) in [6.45, 7) is 5.37. The van der Waals surface area contributed by atoms with Crippen molar-refractivity contribution in [1.82, 2.24) is 10.1 Å². The van der Waals surface area contributed by atoms with Crippen LogP contribution in [0.25, 0.3) is 0 Å². The van der Waals surface area contributed by atoms with Crippen molar-refractivity contribution >= 4 is 23.5 Å². The van der Waals surface area contributed by atoms with Gasteiger partial charge in [-0.25, -0.2) is 0 Å². The van der Waals surface area contributed by atoms with Gasteiger partial charge < -0.3 is 10.3 Å². The van der Waals surface area contributed by atoms with E-state index in [1.54, 1.807) is 0 Å². The molecule has 1 aliphatic rings. The number of unbranched alkanes of at least 4 members (excludes halogenated alkanes) is 3. The summed E-state index contributed by atoms with van der Waals surface area (Å²) in [5.74, 6) is 2.77. The molecule has 0 aromatic carbocycles. The van der Waals surface area contributed by atoms with E-state index in [9.17, 15) is 0 Å². The SMILES string of the molecule is CC1SCC(c2noc(CCCCCCN)n2)SC1C. The predicted molar refractivity (Wildman–Crippen MR) is 87.2 cm³/mol. The van der Waals surface area contributed by atoms with Crippen molar-refractivity contribution in [3.05, 3.63) is 11.7 Å². The molecule has 0 amide bonds. The van der Waals surface area contributed by atoms with Gasteiger partial charge >= 0.3 is 0 Å². The van der Waals surface area contributed by atoms with Gasteiger partial charge in [0.2, 0.25) is 5.89 Å². The van der Waals surface area contributed by atoms with Gasteiger partial charge in [0.15, 0.2) is 5.82 Å². The molecule has 4 nitrogen and oxygen atoms in total. The number of nitrogens with zero attached hydrogens (tertiary/aromatic N) is 2. The molecule has 0 saturated carbocycles. The van der Waals surface area contributed by atoms with E-state index in [2.05, 4.69) is 24.0 Å². The van der Waals surface area contributed by atoms with Crippen LogP contribution >= 0.6 is 23.5 Å². The highest BCUT2D eigenvalue weighted by Crippen LogP contribution is 2.43. The Bertz CT molecular complexity index is 400. The van der Waals surface area contributed by atoms with Crippen LogP contribution in [0.2, 0.25) is 0 Å². The number of hydrogen-bond donors (Lipinski definition) is 1. The van der Waals surface area contributed by atoms with Gasteiger partial charge in [0.1, 0.15) is 0 Å². The van der Waals surface area contributed by atoms with Gasteiger partial charge in [-0.05, 0) is 19.4 Å². The van der Waals surface area contributed by atoms with Crippen LogP contribution < -0.4 is 5.73 Å². The summed E-state index contributed by atoms with van der Waals surface area (Å²) in [6, 6.07) is 0. The molecule has 0 radical (unpaired) electrons. The molecule has 2 N–H and O–H groups in total. The van der Waals surface area contributed by atoms with Gasteiger partial charge in [0, 0.05) is 22.7 Å². The number of aromatic nitrogens is 2. The zero-order chi connectivity index (χ0) is 14.4. The molecule has 1 fully saturated rings. The summed E-state index contributed by atoms with van der Waals surface area (Å²) in [6.07, 6.45) is 5.51. The lowest BCUT2D eigenvalue weighted by Crippen LogP contribution is -2.22. The van der Waals surface area contributed by atoms with Crippen LogP contribution in [0.4, 0.5) is 0 Å². The third kappa shape index (κ3) is 4.67. The number of aryl methyl sites for hydroxylation is 1. The Morgan fingerprint density at radius 2 is 2.00 bits per heavy atom. The molecule has 1 aliphatic heterocycles. The molecule has 1 saturated heterocycles. The minimum Gasteiger partial charge on any atom is -0.339 e. The largest absolute Gasteiger partial charge is 0.339 e. The quantitative estimate of drug-likeness (QED) is 0.778. The van der Waals surface area contributed by atoms with Crippen molar-refractivity contribution in [2.45, 2.75) is 61.7 Å². The summed E-state index contributed by atoms with van der Waals surface area (Å²) in [5.41, 5.74) is 5.48. The van der Waals surface area contributed by atoms with Crippen LogP contribution in [0.5, 0.6) is 0 Å². The summed E-state index contributed by atoms with van der Waals surface area (Å²) in [4.78, 5) is 4.57. The number of hydrogen-bond acceptors (Lipinski definition) is 6. The highest BCUT2D eigenvalue weighted by Gasteiger charge is 2.29.